The zero-order valence-electron chi connectivity index (χ0n) is 9.48. The van der Waals surface area contributed by atoms with Crippen LogP contribution in [0.1, 0.15) is 12.0 Å². The van der Waals surface area contributed by atoms with E-state index >= 15 is 0 Å². The van der Waals surface area contributed by atoms with Crippen molar-refractivity contribution in [3.8, 4) is 6.07 Å². The van der Waals surface area contributed by atoms with Crippen LogP contribution in [0.3, 0.4) is 0 Å². The minimum Gasteiger partial charge on any atom is -0.315 e. The fraction of sp³-hybridized carbons (Fsp3) is 0.364. The number of benzene rings is 1. The molecule has 0 bridgehead atoms. The summed E-state index contributed by atoms with van der Waals surface area (Å²) in [6.07, 6.45) is 0.677. The van der Waals surface area contributed by atoms with Gasteiger partial charge in [-0.2, -0.15) is 5.26 Å². The third-order valence-corrected chi connectivity index (χ3v) is 4.32. The summed E-state index contributed by atoms with van der Waals surface area (Å²) in [4.78, 5) is -0.308. The van der Waals surface area contributed by atoms with Gasteiger partial charge in [0.2, 0.25) is 10.0 Å². The number of halogens is 1. The maximum absolute atomic E-state index is 13.4. The topological polar surface area (TPSA) is 82.0 Å². The van der Waals surface area contributed by atoms with Gasteiger partial charge in [-0.3, -0.25) is 0 Å². The first-order valence-electron chi connectivity index (χ1n) is 5.46. The Bertz CT molecular complexity index is 589. The molecule has 0 saturated carbocycles. The standard InChI is InChI=1S/C11H12FN3O2S/c12-10-2-1-3-11(9(10)6-13)18(16,17)15-8-4-5-14-7-8/h1-3,8,14-15H,4-5,7H2/t8-/m1/s1. The maximum atomic E-state index is 13.4. The van der Waals surface area contributed by atoms with E-state index in [9.17, 15) is 12.8 Å². The van der Waals surface area contributed by atoms with Crippen molar-refractivity contribution in [3.05, 3.63) is 29.6 Å². The highest BCUT2D eigenvalue weighted by Gasteiger charge is 2.26. The van der Waals surface area contributed by atoms with Gasteiger partial charge in [-0.15, -0.1) is 0 Å². The fourth-order valence-corrected chi connectivity index (χ4v) is 3.31. The van der Waals surface area contributed by atoms with Crippen LogP contribution in [0.2, 0.25) is 0 Å². The molecule has 0 spiro atoms. The Hall–Kier alpha value is -1.49. The van der Waals surface area contributed by atoms with Crippen molar-refractivity contribution in [2.24, 2.45) is 0 Å². The number of nitrogens with one attached hydrogen (secondary N) is 2. The van der Waals surface area contributed by atoms with E-state index in [1.54, 1.807) is 6.07 Å². The number of rotatable bonds is 3. The molecule has 1 atom stereocenters. The Kier molecular flexibility index (Phi) is 3.61. The van der Waals surface area contributed by atoms with E-state index < -0.39 is 21.4 Å². The van der Waals surface area contributed by atoms with Crippen LogP contribution in [-0.4, -0.2) is 27.5 Å². The van der Waals surface area contributed by atoms with Gasteiger partial charge in [-0.1, -0.05) is 6.07 Å². The zero-order valence-corrected chi connectivity index (χ0v) is 10.3. The van der Waals surface area contributed by atoms with Crippen LogP contribution in [0.25, 0.3) is 0 Å². The van der Waals surface area contributed by atoms with Crippen LogP contribution < -0.4 is 10.0 Å². The molecule has 0 radical (unpaired) electrons. The van der Waals surface area contributed by atoms with E-state index in [1.165, 1.54) is 12.1 Å². The monoisotopic (exact) mass is 269 g/mol. The van der Waals surface area contributed by atoms with E-state index in [2.05, 4.69) is 10.0 Å². The molecular weight excluding hydrogens is 257 g/mol. The largest absolute Gasteiger partial charge is 0.315 e. The number of hydrogen-bond donors (Lipinski definition) is 2. The Morgan fingerprint density at radius 1 is 1.50 bits per heavy atom. The molecular formula is C11H12FN3O2S. The third kappa shape index (κ3) is 2.51. The van der Waals surface area contributed by atoms with E-state index in [0.717, 1.165) is 12.6 Å². The van der Waals surface area contributed by atoms with Crippen LogP contribution in [0.15, 0.2) is 23.1 Å². The van der Waals surface area contributed by atoms with Crippen molar-refractivity contribution in [3.63, 3.8) is 0 Å². The number of nitrogens with zero attached hydrogens (tertiary/aromatic N) is 1. The second-order valence-electron chi connectivity index (χ2n) is 4.04. The molecule has 1 aliphatic rings. The second kappa shape index (κ2) is 5.02. The van der Waals surface area contributed by atoms with E-state index in [0.29, 0.717) is 13.0 Å². The summed E-state index contributed by atoms with van der Waals surface area (Å²) in [6.45, 7) is 1.28. The Morgan fingerprint density at radius 3 is 2.89 bits per heavy atom. The molecule has 1 aliphatic heterocycles. The predicted molar refractivity (Wildman–Crippen MR) is 62.7 cm³/mol. The minimum atomic E-state index is -3.86. The SMILES string of the molecule is N#Cc1c(F)cccc1S(=O)(=O)N[C@@H]1CCNC1. The van der Waals surface area contributed by atoms with Crippen LogP contribution in [-0.2, 0) is 10.0 Å². The van der Waals surface area contributed by atoms with Gasteiger partial charge in [0, 0.05) is 12.6 Å². The summed E-state index contributed by atoms with van der Waals surface area (Å²) < 4.78 is 40.0. The smallest absolute Gasteiger partial charge is 0.242 e. The first-order chi connectivity index (χ1) is 8.54. The van der Waals surface area contributed by atoms with Gasteiger partial charge in [0.25, 0.3) is 0 Å². The Morgan fingerprint density at radius 2 is 2.28 bits per heavy atom. The van der Waals surface area contributed by atoms with E-state index in [-0.39, 0.29) is 10.9 Å². The number of sulfonamides is 1. The van der Waals surface area contributed by atoms with Gasteiger partial charge < -0.3 is 5.32 Å². The van der Waals surface area contributed by atoms with Crippen LogP contribution in [0.4, 0.5) is 4.39 Å². The van der Waals surface area contributed by atoms with Crippen molar-refractivity contribution in [2.45, 2.75) is 17.4 Å². The normalized spacial score (nSPS) is 19.7. The first-order valence-corrected chi connectivity index (χ1v) is 6.94. The zero-order chi connectivity index (χ0) is 13.2. The summed E-state index contributed by atoms with van der Waals surface area (Å²) in [5.74, 6) is -0.829. The van der Waals surface area contributed by atoms with Crippen LogP contribution >= 0.6 is 0 Å². The molecule has 18 heavy (non-hydrogen) atoms. The summed E-state index contributed by atoms with van der Waals surface area (Å²) in [6, 6.07) is 4.94. The highest BCUT2D eigenvalue weighted by Crippen LogP contribution is 2.18. The summed E-state index contributed by atoms with van der Waals surface area (Å²) in [7, 11) is -3.86. The molecule has 0 aromatic heterocycles. The lowest BCUT2D eigenvalue weighted by Crippen LogP contribution is -2.36. The molecule has 2 rings (SSSR count). The first kappa shape index (κ1) is 13.0. The molecule has 0 amide bonds. The lowest BCUT2D eigenvalue weighted by Gasteiger charge is -2.12. The van der Waals surface area contributed by atoms with Crippen LogP contribution in [0, 0.1) is 17.1 Å². The molecule has 2 N–H and O–H groups in total. The van der Waals surface area contributed by atoms with Crippen molar-refractivity contribution >= 4 is 10.0 Å². The van der Waals surface area contributed by atoms with E-state index in [4.69, 9.17) is 5.26 Å². The molecule has 96 valence electrons. The molecule has 1 aromatic carbocycles. The van der Waals surface area contributed by atoms with Crippen molar-refractivity contribution < 1.29 is 12.8 Å². The van der Waals surface area contributed by atoms with Crippen molar-refractivity contribution in [1.29, 1.82) is 5.26 Å². The molecule has 1 fully saturated rings. The average Bonchev–Trinajstić information content (AvgIpc) is 2.80. The van der Waals surface area contributed by atoms with Crippen molar-refractivity contribution in [1.82, 2.24) is 10.0 Å². The second-order valence-corrected chi connectivity index (χ2v) is 5.72. The van der Waals surface area contributed by atoms with E-state index in [1.807, 2.05) is 0 Å². The highest BCUT2D eigenvalue weighted by molar-refractivity contribution is 7.89. The molecule has 1 saturated heterocycles. The number of hydrogen-bond acceptors (Lipinski definition) is 4. The van der Waals surface area contributed by atoms with Gasteiger partial charge >= 0.3 is 0 Å². The molecule has 5 nitrogen and oxygen atoms in total. The van der Waals surface area contributed by atoms with Gasteiger partial charge in [0.05, 0.1) is 0 Å². The Labute approximate surface area is 105 Å². The molecule has 0 aliphatic carbocycles. The predicted octanol–water partition coefficient (Wildman–Crippen LogP) is 0.338. The third-order valence-electron chi connectivity index (χ3n) is 2.76. The van der Waals surface area contributed by atoms with Gasteiger partial charge in [0.1, 0.15) is 22.3 Å². The average molecular weight is 269 g/mol. The maximum Gasteiger partial charge on any atom is 0.242 e. The van der Waals surface area contributed by atoms with Crippen molar-refractivity contribution in [2.75, 3.05) is 13.1 Å². The molecule has 1 aromatic rings. The lowest BCUT2D eigenvalue weighted by molar-refractivity contribution is 0.557. The molecule has 7 heteroatoms. The number of nitriles is 1. The molecule has 1 heterocycles. The molecule has 0 unspecified atom stereocenters. The summed E-state index contributed by atoms with van der Waals surface area (Å²) in [5.41, 5.74) is -0.448. The summed E-state index contributed by atoms with van der Waals surface area (Å²) >= 11 is 0. The quantitative estimate of drug-likeness (QED) is 0.829. The summed E-state index contributed by atoms with van der Waals surface area (Å²) in [5, 5.41) is 11.8. The highest BCUT2D eigenvalue weighted by atomic mass is 32.2. The Balaban J connectivity index is 2.35. The van der Waals surface area contributed by atoms with Gasteiger partial charge in [-0.25, -0.2) is 17.5 Å². The van der Waals surface area contributed by atoms with Gasteiger partial charge in [0.15, 0.2) is 0 Å². The van der Waals surface area contributed by atoms with Crippen LogP contribution in [0.5, 0.6) is 0 Å². The lowest BCUT2D eigenvalue weighted by atomic mass is 10.2. The minimum absolute atomic E-state index is 0.218. The van der Waals surface area contributed by atoms with Gasteiger partial charge in [-0.05, 0) is 25.1 Å². The fourth-order valence-electron chi connectivity index (χ4n) is 1.87.